The molecule has 0 radical (unpaired) electrons. The summed E-state index contributed by atoms with van der Waals surface area (Å²) in [4.78, 5) is 4.06. The van der Waals surface area contributed by atoms with Crippen LogP contribution in [-0.4, -0.2) is 31.5 Å². The number of ether oxygens (including phenoxy) is 2. The van der Waals surface area contributed by atoms with Gasteiger partial charge in [-0.15, -0.1) is 0 Å². The Bertz CT molecular complexity index is 273. The smallest absolute Gasteiger partial charge is 0.214 e. The fraction of sp³-hybridized carbons (Fsp3) is 0.444. The zero-order valence-corrected chi connectivity index (χ0v) is 9.17. The minimum Gasteiger partial charge on any atom is -0.475 e. The zero-order valence-electron chi connectivity index (χ0n) is 7.58. The number of hydrogen-bond donors (Lipinski definition) is 0. The molecule has 0 amide bonds. The average Bonchev–Trinajstić information content (AvgIpc) is 2.18. The molecule has 0 spiro atoms. The topological polar surface area (TPSA) is 31.4 Å². The molecule has 14 heavy (non-hydrogen) atoms. The molecule has 0 bridgehead atoms. The summed E-state index contributed by atoms with van der Waals surface area (Å²) < 4.78 is 22.5. The Morgan fingerprint density at radius 1 is 1.29 bits per heavy atom. The first kappa shape index (κ1) is 11.4. The molecule has 1 heterocycles. The Kier molecular flexibility index (Phi) is 5.47. The highest BCUT2D eigenvalue weighted by Gasteiger charge is 1.95. The predicted octanol–water partition coefficient (Wildman–Crippen LogP) is 2.21. The normalized spacial score (nSPS) is 10.1. The van der Waals surface area contributed by atoms with E-state index in [1.54, 1.807) is 6.07 Å². The zero-order chi connectivity index (χ0) is 10.2. The van der Waals surface area contributed by atoms with Gasteiger partial charge >= 0.3 is 0 Å². The standard InChI is InChI=1S/C9H11BrFNO2/c10-8-2-1-3-9(12-8)14-7-6-13-5-4-11/h1-3H,4-7H2. The van der Waals surface area contributed by atoms with E-state index in [1.165, 1.54) is 0 Å². The van der Waals surface area contributed by atoms with Crippen LogP contribution in [0.15, 0.2) is 22.8 Å². The fourth-order valence-electron chi connectivity index (χ4n) is 0.832. The van der Waals surface area contributed by atoms with Crippen molar-refractivity contribution in [1.82, 2.24) is 4.98 Å². The first-order valence-corrected chi connectivity index (χ1v) is 5.01. The summed E-state index contributed by atoms with van der Waals surface area (Å²) in [7, 11) is 0. The van der Waals surface area contributed by atoms with Gasteiger partial charge in [-0.2, -0.15) is 0 Å². The lowest BCUT2D eigenvalue weighted by Gasteiger charge is -2.05. The second kappa shape index (κ2) is 6.73. The SMILES string of the molecule is FCCOCCOc1cccc(Br)n1. The molecular weight excluding hydrogens is 253 g/mol. The highest BCUT2D eigenvalue weighted by Crippen LogP contribution is 2.11. The second-order valence-electron chi connectivity index (χ2n) is 2.45. The molecule has 78 valence electrons. The van der Waals surface area contributed by atoms with Crippen molar-refractivity contribution < 1.29 is 13.9 Å². The largest absolute Gasteiger partial charge is 0.475 e. The van der Waals surface area contributed by atoms with E-state index >= 15 is 0 Å². The first-order valence-electron chi connectivity index (χ1n) is 4.22. The molecular formula is C9H11BrFNO2. The quantitative estimate of drug-likeness (QED) is 0.583. The maximum absolute atomic E-state index is 11.6. The molecule has 0 saturated carbocycles. The van der Waals surface area contributed by atoms with Gasteiger partial charge in [0.25, 0.3) is 0 Å². The van der Waals surface area contributed by atoms with Gasteiger partial charge in [-0.3, -0.25) is 0 Å². The molecule has 0 aliphatic heterocycles. The van der Waals surface area contributed by atoms with E-state index in [4.69, 9.17) is 9.47 Å². The van der Waals surface area contributed by atoms with E-state index < -0.39 is 6.67 Å². The molecule has 1 aromatic heterocycles. The van der Waals surface area contributed by atoms with E-state index in [1.807, 2.05) is 12.1 Å². The summed E-state index contributed by atoms with van der Waals surface area (Å²) >= 11 is 3.22. The monoisotopic (exact) mass is 263 g/mol. The molecule has 5 heteroatoms. The third-order valence-corrected chi connectivity index (χ3v) is 1.83. The molecule has 0 aromatic carbocycles. The number of rotatable bonds is 6. The van der Waals surface area contributed by atoms with Crippen LogP contribution >= 0.6 is 15.9 Å². The summed E-state index contributed by atoms with van der Waals surface area (Å²) in [6.07, 6.45) is 0. The molecule has 0 saturated heterocycles. The van der Waals surface area contributed by atoms with Crippen molar-refractivity contribution >= 4 is 15.9 Å². The minimum atomic E-state index is -0.463. The predicted molar refractivity (Wildman–Crippen MR) is 54.2 cm³/mol. The average molecular weight is 264 g/mol. The third kappa shape index (κ3) is 4.53. The lowest BCUT2D eigenvalue weighted by atomic mass is 10.5. The van der Waals surface area contributed by atoms with E-state index in [0.717, 1.165) is 4.60 Å². The van der Waals surface area contributed by atoms with Crippen LogP contribution in [0.3, 0.4) is 0 Å². The van der Waals surface area contributed by atoms with Gasteiger partial charge in [-0.05, 0) is 22.0 Å². The Balaban J connectivity index is 2.18. The van der Waals surface area contributed by atoms with Crippen LogP contribution in [0, 0.1) is 0 Å². The summed E-state index contributed by atoms with van der Waals surface area (Å²) in [5, 5.41) is 0. The van der Waals surface area contributed by atoms with Crippen LogP contribution in [0.4, 0.5) is 4.39 Å². The minimum absolute atomic E-state index is 0.120. The Hall–Kier alpha value is -0.680. The van der Waals surface area contributed by atoms with Crippen molar-refractivity contribution in [2.24, 2.45) is 0 Å². The number of hydrogen-bond acceptors (Lipinski definition) is 3. The van der Waals surface area contributed by atoms with Gasteiger partial charge in [0.15, 0.2) is 0 Å². The van der Waals surface area contributed by atoms with Crippen molar-refractivity contribution in [2.75, 3.05) is 26.5 Å². The van der Waals surface area contributed by atoms with Crippen LogP contribution in [0.5, 0.6) is 5.88 Å². The molecule has 1 aromatic rings. The van der Waals surface area contributed by atoms with Crippen LogP contribution in [0.1, 0.15) is 0 Å². The van der Waals surface area contributed by atoms with E-state index in [0.29, 0.717) is 19.1 Å². The van der Waals surface area contributed by atoms with Crippen molar-refractivity contribution in [3.63, 3.8) is 0 Å². The Morgan fingerprint density at radius 3 is 2.86 bits per heavy atom. The molecule has 0 unspecified atom stereocenters. The van der Waals surface area contributed by atoms with E-state index in [2.05, 4.69) is 20.9 Å². The van der Waals surface area contributed by atoms with E-state index in [-0.39, 0.29) is 6.61 Å². The summed E-state index contributed by atoms with van der Waals surface area (Å²) in [5.74, 6) is 0.531. The molecule has 0 fully saturated rings. The fourth-order valence-corrected chi connectivity index (χ4v) is 1.16. The van der Waals surface area contributed by atoms with Gasteiger partial charge < -0.3 is 9.47 Å². The van der Waals surface area contributed by atoms with Crippen LogP contribution in [0.2, 0.25) is 0 Å². The molecule has 3 nitrogen and oxygen atoms in total. The maximum Gasteiger partial charge on any atom is 0.214 e. The molecule has 0 atom stereocenters. The van der Waals surface area contributed by atoms with Gasteiger partial charge in [0.2, 0.25) is 5.88 Å². The number of alkyl halides is 1. The van der Waals surface area contributed by atoms with Crippen LogP contribution in [-0.2, 0) is 4.74 Å². The lowest BCUT2D eigenvalue weighted by Crippen LogP contribution is -2.08. The highest BCUT2D eigenvalue weighted by molar-refractivity contribution is 9.10. The molecule has 0 aliphatic rings. The maximum atomic E-state index is 11.6. The van der Waals surface area contributed by atoms with Crippen molar-refractivity contribution in [1.29, 1.82) is 0 Å². The number of nitrogens with zero attached hydrogens (tertiary/aromatic N) is 1. The van der Waals surface area contributed by atoms with Gasteiger partial charge in [0.1, 0.15) is 17.9 Å². The number of aromatic nitrogens is 1. The van der Waals surface area contributed by atoms with Gasteiger partial charge in [-0.1, -0.05) is 6.07 Å². The van der Waals surface area contributed by atoms with Gasteiger partial charge in [-0.25, -0.2) is 9.37 Å². The van der Waals surface area contributed by atoms with Crippen molar-refractivity contribution in [3.8, 4) is 5.88 Å². The summed E-state index contributed by atoms with van der Waals surface area (Å²) in [6, 6.07) is 5.39. The Morgan fingerprint density at radius 2 is 2.14 bits per heavy atom. The number of pyridine rings is 1. The molecule has 0 aliphatic carbocycles. The summed E-state index contributed by atoms with van der Waals surface area (Å²) in [6.45, 7) is 0.409. The highest BCUT2D eigenvalue weighted by atomic mass is 79.9. The first-order chi connectivity index (χ1) is 6.83. The van der Waals surface area contributed by atoms with E-state index in [9.17, 15) is 4.39 Å². The van der Waals surface area contributed by atoms with Crippen LogP contribution in [0.25, 0.3) is 0 Å². The summed E-state index contributed by atoms with van der Waals surface area (Å²) in [5.41, 5.74) is 0. The third-order valence-electron chi connectivity index (χ3n) is 1.39. The van der Waals surface area contributed by atoms with Gasteiger partial charge in [0, 0.05) is 6.07 Å². The lowest BCUT2D eigenvalue weighted by molar-refractivity contribution is 0.0883. The van der Waals surface area contributed by atoms with Crippen molar-refractivity contribution in [2.45, 2.75) is 0 Å². The molecule has 1 rings (SSSR count). The van der Waals surface area contributed by atoms with Crippen LogP contribution < -0.4 is 4.74 Å². The van der Waals surface area contributed by atoms with Crippen molar-refractivity contribution in [3.05, 3.63) is 22.8 Å². The van der Waals surface area contributed by atoms with Gasteiger partial charge in [0.05, 0.1) is 13.2 Å². The molecule has 0 N–H and O–H groups in total. The Labute approximate surface area is 90.4 Å². The second-order valence-corrected chi connectivity index (χ2v) is 3.26. The number of halogens is 2.